The molecule has 3 rings (SSSR count). The molecule has 0 atom stereocenters. The number of rotatable bonds is 5. The molecule has 2 aromatic rings. The Morgan fingerprint density at radius 2 is 1.78 bits per heavy atom. The molecule has 0 aliphatic carbocycles. The van der Waals surface area contributed by atoms with Gasteiger partial charge in [0.2, 0.25) is 5.78 Å². The molecule has 142 valence electrons. The fourth-order valence-electron chi connectivity index (χ4n) is 3.00. The molecule has 5 nitrogen and oxygen atoms in total. The minimum atomic E-state index is -0.860. The molecular weight excluding hydrogens is 354 g/mol. The summed E-state index contributed by atoms with van der Waals surface area (Å²) in [5, 5.41) is 0. The van der Waals surface area contributed by atoms with Crippen LogP contribution in [0.1, 0.15) is 46.4 Å². The number of esters is 1. The Kier molecular flexibility index (Phi) is 6.11. The molecule has 1 aliphatic rings. The topological polar surface area (TPSA) is 59.5 Å². The molecule has 1 aromatic carbocycles. The minimum absolute atomic E-state index is 0.195. The van der Waals surface area contributed by atoms with Crippen molar-refractivity contribution >= 4 is 17.6 Å². The van der Waals surface area contributed by atoms with Crippen LogP contribution in [0.2, 0.25) is 0 Å². The van der Waals surface area contributed by atoms with Crippen LogP contribution in [0.25, 0.3) is 0 Å². The summed E-state index contributed by atoms with van der Waals surface area (Å²) in [6.45, 7) is 1.20. The average Bonchev–Trinajstić information content (AvgIpc) is 2.97. The van der Waals surface area contributed by atoms with E-state index in [9.17, 15) is 18.4 Å². The first-order chi connectivity index (χ1) is 13.0. The molecule has 0 unspecified atom stereocenters. The molecule has 1 fully saturated rings. The van der Waals surface area contributed by atoms with Gasteiger partial charge in [0.05, 0.1) is 11.1 Å². The predicted molar refractivity (Wildman–Crippen MR) is 95.9 cm³/mol. The number of aromatic nitrogens is 1. The lowest BCUT2D eigenvalue weighted by Gasteiger charge is -2.21. The van der Waals surface area contributed by atoms with Crippen molar-refractivity contribution in [3.63, 3.8) is 0 Å². The Balaban J connectivity index is 1.59. The molecule has 0 radical (unpaired) electrons. The van der Waals surface area contributed by atoms with Crippen LogP contribution in [0.5, 0.6) is 0 Å². The van der Waals surface area contributed by atoms with Crippen molar-refractivity contribution in [2.45, 2.75) is 25.7 Å². The van der Waals surface area contributed by atoms with Crippen LogP contribution in [-0.2, 0) is 4.74 Å². The number of hydrogen-bond acceptors (Lipinski definition) is 5. The summed E-state index contributed by atoms with van der Waals surface area (Å²) in [6, 6.07) is 5.88. The molecule has 1 aliphatic heterocycles. The molecule has 0 N–H and O–H groups in total. The molecule has 7 heteroatoms. The smallest absolute Gasteiger partial charge is 0.340 e. The van der Waals surface area contributed by atoms with Gasteiger partial charge < -0.3 is 9.64 Å². The maximum Gasteiger partial charge on any atom is 0.340 e. The van der Waals surface area contributed by atoms with Crippen LogP contribution < -0.4 is 4.90 Å². The number of carbonyl (C=O) groups is 2. The Morgan fingerprint density at radius 3 is 2.44 bits per heavy atom. The highest BCUT2D eigenvalue weighted by molar-refractivity contribution is 5.99. The second-order valence-electron chi connectivity index (χ2n) is 6.43. The third-order valence-corrected chi connectivity index (χ3v) is 4.48. The largest absolute Gasteiger partial charge is 0.454 e. The van der Waals surface area contributed by atoms with Gasteiger partial charge in [-0.1, -0.05) is 12.8 Å². The lowest BCUT2D eigenvalue weighted by atomic mass is 10.1. The molecule has 0 amide bonds. The number of benzene rings is 1. The number of anilines is 1. The number of nitrogens with zero attached hydrogens (tertiary/aromatic N) is 2. The minimum Gasteiger partial charge on any atom is -0.454 e. The van der Waals surface area contributed by atoms with Crippen molar-refractivity contribution in [2.24, 2.45) is 0 Å². The zero-order valence-corrected chi connectivity index (χ0v) is 14.8. The van der Waals surface area contributed by atoms with Gasteiger partial charge in [-0.15, -0.1) is 0 Å². The number of halogens is 2. The van der Waals surface area contributed by atoms with Gasteiger partial charge >= 0.3 is 5.97 Å². The number of pyridine rings is 1. The maximum absolute atomic E-state index is 13.6. The third-order valence-electron chi connectivity index (χ3n) is 4.48. The molecule has 0 spiro atoms. The van der Waals surface area contributed by atoms with Crippen molar-refractivity contribution in [1.82, 2.24) is 4.98 Å². The Hall–Kier alpha value is -2.83. The number of carbonyl (C=O) groups excluding carboxylic acids is 2. The van der Waals surface area contributed by atoms with E-state index in [4.69, 9.17) is 4.74 Å². The average molecular weight is 374 g/mol. The normalized spacial score (nSPS) is 14.5. The predicted octanol–water partition coefficient (Wildman–Crippen LogP) is 3.78. The fourth-order valence-corrected chi connectivity index (χ4v) is 3.00. The van der Waals surface area contributed by atoms with E-state index in [1.54, 1.807) is 12.1 Å². The first-order valence-corrected chi connectivity index (χ1v) is 8.91. The Labute approximate surface area is 156 Å². The third kappa shape index (κ3) is 4.87. The molecule has 27 heavy (non-hydrogen) atoms. The van der Waals surface area contributed by atoms with Gasteiger partial charge in [0.1, 0.15) is 17.5 Å². The van der Waals surface area contributed by atoms with Crippen LogP contribution in [0.15, 0.2) is 36.5 Å². The first-order valence-electron chi connectivity index (χ1n) is 8.91. The second-order valence-corrected chi connectivity index (χ2v) is 6.43. The van der Waals surface area contributed by atoms with E-state index in [1.165, 1.54) is 19.0 Å². The molecular formula is C20H20F2N2O3. The number of hydrogen-bond donors (Lipinski definition) is 0. The van der Waals surface area contributed by atoms with Gasteiger partial charge in [-0.05, 0) is 43.2 Å². The Morgan fingerprint density at radius 1 is 1.04 bits per heavy atom. The number of ketones is 1. The van der Waals surface area contributed by atoms with E-state index >= 15 is 0 Å². The summed E-state index contributed by atoms with van der Waals surface area (Å²) in [6.07, 6.45) is 6.05. The monoisotopic (exact) mass is 374 g/mol. The molecule has 1 aromatic heterocycles. The SMILES string of the molecule is O=C(OCC(=O)c1cc(F)ccc1F)c1ccc(N2CCCCCC2)nc1. The van der Waals surface area contributed by atoms with Gasteiger partial charge in [0, 0.05) is 19.3 Å². The van der Waals surface area contributed by atoms with Crippen molar-refractivity contribution in [2.75, 3.05) is 24.6 Å². The first kappa shape index (κ1) is 18.9. The van der Waals surface area contributed by atoms with Gasteiger partial charge in [0.15, 0.2) is 6.61 Å². The Bertz CT molecular complexity index is 816. The van der Waals surface area contributed by atoms with E-state index in [2.05, 4.69) is 9.88 Å². The van der Waals surface area contributed by atoms with Gasteiger partial charge in [-0.25, -0.2) is 18.6 Å². The van der Waals surface area contributed by atoms with E-state index < -0.39 is 35.6 Å². The molecule has 1 saturated heterocycles. The summed E-state index contributed by atoms with van der Waals surface area (Å²) in [5.74, 6) is -2.35. The zero-order chi connectivity index (χ0) is 19.2. The summed E-state index contributed by atoms with van der Waals surface area (Å²) < 4.78 is 31.6. The highest BCUT2D eigenvalue weighted by atomic mass is 19.1. The summed E-state index contributed by atoms with van der Waals surface area (Å²) in [5.41, 5.74) is -0.251. The summed E-state index contributed by atoms with van der Waals surface area (Å²) in [7, 11) is 0. The van der Waals surface area contributed by atoms with Crippen molar-refractivity contribution < 1.29 is 23.1 Å². The van der Waals surface area contributed by atoms with Crippen molar-refractivity contribution in [3.8, 4) is 0 Å². The standard InChI is InChI=1S/C20H20F2N2O3/c21-15-6-7-17(22)16(11-15)18(25)13-27-20(26)14-5-8-19(23-12-14)24-9-3-1-2-4-10-24/h5-8,11-12H,1-4,9-10,13H2. The van der Waals surface area contributed by atoms with Crippen LogP contribution in [-0.4, -0.2) is 36.4 Å². The van der Waals surface area contributed by atoms with Gasteiger partial charge in [-0.3, -0.25) is 4.79 Å². The zero-order valence-electron chi connectivity index (χ0n) is 14.8. The van der Waals surface area contributed by atoms with E-state index in [0.29, 0.717) is 0 Å². The molecule has 0 saturated carbocycles. The molecule has 2 heterocycles. The van der Waals surface area contributed by atoms with Crippen LogP contribution >= 0.6 is 0 Å². The highest BCUT2D eigenvalue weighted by Crippen LogP contribution is 2.18. The summed E-state index contributed by atoms with van der Waals surface area (Å²) >= 11 is 0. The van der Waals surface area contributed by atoms with Crippen LogP contribution in [0.4, 0.5) is 14.6 Å². The number of Topliss-reactive ketones (excluding diaryl/α,β-unsaturated/α-hetero) is 1. The molecule has 0 bridgehead atoms. The van der Waals surface area contributed by atoms with Crippen molar-refractivity contribution in [3.05, 3.63) is 59.3 Å². The van der Waals surface area contributed by atoms with E-state index in [1.807, 2.05) is 0 Å². The summed E-state index contributed by atoms with van der Waals surface area (Å²) in [4.78, 5) is 30.5. The quantitative estimate of drug-likeness (QED) is 0.589. The number of ether oxygens (including phenoxy) is 1. The van der Waals surface area contributed by atoms with Gasteiger partial charge in [-0.2, -0.15) is 0 Å². The van der Waals surface area contributed by atoms with Crippen LogP contribution in [0.3, 0.4) is 0 Å². The van der Waals surface area contributed by atoms with Crippen LogP contribution in [0, 0.1) is 11.6 Å². The fraction of sp³-hybridized carbons (Fsp3) is 0.350. The van der Waals surface area contributed by atoms with Crippen molar-refractivity contribution in [1.29, 1.82) is 0 Å². The lowest BCUT2D eigenvalue weighted by Crippen LogP contribution is -2.25. The van der Waals surface area contributed by atoms with E-state index in [0.717, 1.165) is 49.9 Å². The maximum atomic E-state index is 13.6. The second kappa shape index (κ2) is 8.70. The van der Waals surface area contributed by atoms with E-state index in [-0.39, 0.29) is 5.56 Å². The lowest BCUT2D eigenvalue weighted by molar-refractivity contribution is 0.0473. The van der Waals surface area contributed by atoms with Gasteiger partial charge in [0.25, 0.3) is 0 Å². The highest BCUT2D eigenvalue weighted by Gasteiger charge is 2.17.